The molecular weight excluding hydrogens is 428 g/mol. The van der Waals surface area contributed by atoms with Crippen molar-refractivity contribution < 1.29 is 14.6 Å². The van der Waals surface area contributed by atoms with Gasteiger partial charge in [0, 0.05) is 14.5 Å². The largest absolute Gasteiger partial charge is 0.507 e. The van der Waals surface area contributed by atoms with Crippen LogP contribution in [0.25, 0.3) is 0 Å². The predicted molar refractivity (Wildman–Crippen MR) is 95.8 cm³/mol. The van der Waals surface area contributed by atoms with Gasteiger partial charge in [-0.2, -0.15) is 5.10 Å². The van der Waals surface area contributed by atoms with Gasteiger partial charge in [0.2, 0.25) is 0 Å². The molecule has 0 heterocycles. The van der Waals surface area contributed by atoms with Gasteiger partial charge in [0.05, 0.1) is 6.21 Å². The molecule has 5 nitrogen and oxygen atoms in total. The molecule has 1 atom stereocenters. The third kappa shape index (κ3) is 5.37. The molecule has 2 N–H and O–H groups in total. The average molecular weight is 442 g/mol. The first-order chi connectivity index (χ1) is 11.0. The van der Waals surface area contributed by atoms with E-state index in [1.54, 1.807) is 31.2 Å². The summed E-state index contributed by atoms with van der Waals surface area (Å²) in [4.78, 5) is 11.9. The highest BCUT2D eigenvalue weighted by Gasteiger charge is 2.13. The van der Waals surface area contributed by atoms with Crippen LogP contribution in [0.15, 0.2) is 56.5 Å². The van der Waals surface area contributed by atoms with Crippen molar-refractivity contribution in [2.45, 2.75) is 13.0 Å². The van der Waals surface area contributed by atoms with Crippen LogP contribution < -0.4 is 10.2 Å². The van der Waals surface area contributed by atoms with Crippen molar-refractivity contribution in [2.75, 3.05) is 0 Å². The molecule has 0 fully saturated rings. The molecule has 0 saturated heterocycles. The summed E-state index contributed by atoms with van der Waals surface area (Å²) in [5.41, 5.74) is 2.87. The number of benzene rings is 2. The Labute approximate surface area is 150 Å². The quantitative estimate of drug-likeness (QED) is 0.547. The van der Waals surface area contributed by atoms with Gasteiger partial charge in [-0.1, -0.05) is 31.9 Å². The molecule has 0 unspecified atom stereocenters. The van der Waals surface area contributed by atoms with Gasteiger partial charge in [-0.25, -0.2) is 5.43 Å². The van der Waals surface area contributed by atoms with E-state index in [0.717, 1.165) is 8.95 Å². The standard InChI is InChI=1S/C16H14Br2N2O3/c1-10(23-14-5-2-12(17)3-6-14)16(22)20-19-9-11-8-13(18)4-7-15(11)21/h2-10,21H,1H3,(H,20,22)/b19-9-/t10-/m0/s1. The summed E-state index contributed by atoms with van der Waals surface area (Å²) in [6.07, 6.45) is 0.661. The van der Waals surface area contributed by atoms with Gasteiger partial charge < -0.3 is 9.84 Å². The van der Waals surface area contributed by atoms with Crippen LogP contribution in [-0.4, -0.2) is 23.3 Å². The van der Waals surface area contributed by atoms with Crippen LogP contribution in [-0.2, 0) is 4.79 Å². The summed E-state index contributed by atoms with van der Waals surface area (Å²) < 4.78 is 7.24. The fraction of sp³-hybridized carbons (Fsp3) is 0.125. The number of ether oxygens (including phenoxy) is 1. The topological polar surface area (TPSA) is 70.9 Å². The number of halogens is 2. The third-order valence-corrected chi connectivity index (χ3v) is 3.89. The highest BCUT2D eigenvalue weighted by molar-refractivity contribution is 9.10. The predicted octanol–water partition coefficient (Wildman–Crippen LogP) is 3.83. The van der Waals surface area contributed by atoms with Crippen LogP contribution in [0.5, 0.6) is 11.5 Å². The summed E-state index contributed by atoms with van der Waals surface area (Å²) in [7, 11) is 0. The molecule has 2 rings (SSSR count). The number of nitrogens with zero attached hydrogens (tertiary/aromatic N) is 1. The number of carbonyl (C=O) groups is 1. The molecule has 0 spiro atoms. The normalized spacial score (nSPS) is 12.1. The molecule has 0 bridgehead atoms. The van der Waals surface area contributed by atoms with E-state index >= 15 is 0 Å². The minimum atomic E-state index is -0.704. The molecule has 0 aliphatic heterocycles. The molecule has 7 heteroatoms. The summed E-state index contributed by atoms with van der Waals surface area (Å²) in [6.45, 7) is 1.63. The zero-order chi connectivity index (χ0) is 16.8. The van der Waals surface area contributed by atoms with Crippen molar-refractivity contribution in [1.82, 2.24) is 5.43 Å². The SMILES string of the molecule is C[C@H](Oc1ccc(Br)cc1)C(=O)N/N=C\c1cc(Br)ccc1O. The van der Waals surface area contributed by atoms with Crippen molar-refractivity contribution in [2.24, 2.45) is 5.10 Å². The molecule has 0 radical (unpaired) electrons. The zero-order valence-corrected chi connectivity index (χ0v) is 15.3. The third-order valence-electron chi connectivity index (χ3n) is 2.86. The van der Waals surface area contributed by atoms with Crippen LogP contribution in [0.4, 0.5) is 0 Å². The summed E-state index contributed by atoms with van der Waals surface area (Å²) in [5, 5.41) is 13.5. The van der Waals surface area contributed by atoms with E-state index in [-0.39, 0.29) is 5.75 Å². The number of phenolic OH excluding ortho intramolecular Hbond substituents is 1. The van der Waals surface area contributed by atoms with Crippen molar-refractivity contribution in [3.05, 3.63) is 57.0 Å². The van der Waals surface area contributed by atoms with E-state index in [4.69, 9.17) is 4.74 Å². The van der Waals surface area contributed by atoms with Gasteiger partial charge in [0.25, 0.3) is 5.91 Å². The van der Waals surface area contributed by atoms with Gasteiger partial charge in [-0.15, -0.1) is 0 Å². The number of carbonyl (C=O) groups excluding carboxylic acids is 1. The molecule has 2 aromatic carbocycles. The number of aromatic hydroxyl groups is 1. The molecule has 0 saturated carbocycles. The van der Waals surface area contributed by atoms with Crippen molar-refractivity contribution in [3.63, 3.8) is 0 Å². The zero-order valence-electron chi connectivity index (χ0n) is 12.2. The molecule has 2 aromatic rings. The molecule has 0 aliphatic carbocycles. The van der Waals surface area contributed by atoms with Crippen LogP contribution in [0.3, 0.4) is 0 Å². The van der Waals surface area contributed by atoms with Gasteiger partial charge >= 0.3 is 0 Å². The molecule has 1 amide bonds. The van der Waals surface area contributed by atoms with Gasteiger partial charge in [-0.05, 0) is 49.4 Å². The van der Waals surface area contributed by atoms with Gasteiger partial charge in [0.15, 0.2) is 6.10 Å². The van der Waals surface area contributed by atoms with Crippen molar-refractivity contribution >= 4 is 44.0 Å². The first-order valence-corrected chi connectivity index (χ1v) is 8.28. The second-order valence-corrected chi connectivity index (χ2v) is 6.48. The average Bonchev–Trinajstić information content (AvgIpc) is 2.52. The Balaban J connectivity index is 1.92. The Morgan fingerprint density at radius 3 is 2.57 bits per heavy atom. The molecule has 0 aliphatic rings. The van der Waals surface area contributed by atoms with Crippen LogP contribution >= 0.6 is 31.9 Å². The lowest BCUT2D eigenvalue weighted by atomic mass is 10.2. The second kappa shape index (κ2) is 8.12. The lowest BCUT2D eigenvalue weighted by Gasteiger charge is -2.12. The second-order valence-electron chi connectivity index (χ2n) is 4.65. The lowest BCUT2D eigenvalue weighted by molar-refractivity contribution is -0.127. The van der Waals surface area contributed by atoms with E-state index in [1.165, 1.54) is 12.3 Å². The summed E-state index contributed by atoms with van der Waals surface area (Å²) >= 11 is 6.63. The highest BCUT2D eigenvalue weighted by Crippen LogP contribution is 2.20. The first kappa shape index (κ1) is 17.5. The maximum absolute atomic E-state index is 11.9. The molecule has 0 aromatic heterocycles. The summed E-state index contributed by atoms with van der Waals surface area (Å²) in [6, 6.07) is 12.1. The Hall–Kier alpha value is -1.86. The van der Waals surface area contributed by atoms with Gasteiger partial charge in [0.1, 0.15) is 11.5 Å². The molecular formula is C16H14Br2N2O3. The minimum Gasteiger partial charge on any atom is -0.507 e. The van der Waals surface area contributed by atoms with E-state index in [1.807, 2.05) is 12.1 Å². The first-order valence-electron chi connectivity index (χ1n) is 6.69. The smallest absolute Gasteiger partial charge is 0.280 e. The Bertz CT molecular complexity index is 718. The number of hydrogen-bond acceptors (Lipinski definition) is 4. The molecule has 23 heavy (non-hydrogen) atoms. The van der Waals surface area contributed by atoms with Crippen molar-refractivity contribution in [3.8, 4) is 11.5 Å². The number of amides is 1. The Morgan fingerprint density at radius 1 is 1.22 bits per heavy atom. The van der Waals surface area contributed by atoms with Gasteiger partial charge in [-0.3, -0.25) is 4.79 Å². The van der Waals surface area contributed by atoms with E-state index in [2.05, 4.69) is 42.4 Å². The maximum Gasteiger partial charge on any atom is 0.280 e. The lowest BCUT2D eigenvalue weighted by Crippen LogP contribution is -2.33. The Morgan fingerprint density at radius 2 is 1.87 bits per heavy atom. The minimum absolute atomic E-state index is 0.0744. The summed E-state index contributed by atoms with van der Waals surface area (Å²) in [5.74, 6) is 0.272. The van der Waals surface area contributed by atoms with Crippen LogP contribution in [0.1, 0.15) is 12.5 Å². The maximum atomic E-state index is 11.9. The highest BCUT2D eigenvalue weighted by atomic mass is 79.9. The van der Waals surface area contributed by atoms with Crippen molar-refractivity contribution in [1.29, 1.82) is 0 Å². The number of hydrazone groups is 1. The fourth-order valence-corrected chi connectivity index (χ4v) is 2.30. The van der Waals surface area contributed by atoms with Crippen LogP contribution in [0, 0.1) is 0 Å². The Kier molecular flexibility index (Phi) is 6.18. The number of nitrogens with one attached hydrogen (secondary N) is 1. The monoisotopic (exact) mass is 440 g/mol. The number of phenols is 1. The van der Waals surface area contributed by atoms with Crippen LogP contribution in [0.2, 0.25) is 0 Å². The van der Waals surface area contributed by atoms with E-state index in [0.29, 0.717) is 11.3 Å². The van der Waals surface area contributed by atoms with E-state index in [9.17, 15) is 9.90 Å². The number of rotatable bonds is 5. The van der Waals surface area contributed by atoms with E-state index < -0.39 is 12.0 Å². The fourth-order valence-electron chi connectivity index (χ4n) is 1.66. The molecule has 120 valence electrons. The number of hydrogen-bond donors (Lipinski definition) is 2.